The first-order chi connectivity index (χ1) is 15.2. The summed E-state index contributed by atoms with van der Waals surface area (Å²) in [6.45, 7) is 5.21. The highest BCUT2D eigenvalue weighted by Gasteiger charge is 2.23. The second-order valence-corrected chi connectivity index (χ2v) is 7.90. The number of amides is 1. The number of nitrogens with one attached hydrogen (secondary N) is 1. The summed E-state index contributed by atoms with van der Waals surface area (Å²) in [5.41, 5.74) is 2.17. The summed E-state index contributed by atoms with van der Waals surface area (Å²) in [4.78, 5) is 19.4. The SMILES string of the molecule is Cc1cccc(CN2CCC(n3nccc3NC(=O)CCOc3ccccc3)CC2)n1. The third-order valence-electron chi connectivity index (χ3n) is 5.51. The first-order valence-electron chi connectivity index (χ1n) is 10.8. The van der Waals surface area contributed by atoms with E-state index in [0.29, 0.717) is 13.0 Å². The highest BCUT2D eigenvalue weighted by molar-refractivity contribution is 5.89. The van der Waals surface area contributed by atoms with Gasteiger partial charge in [0.15, 0.2) is 0 Å². The van der Waals surface area contributed by atoms with Crippen molar-refractivity contribution in [2.45, 2.75) is 38.8 Å². The van der Waals surface area contributed by atoms with Crippen molar-refractivity contribution in [3.63, 3.8) is 0 Å². The van der Waals surface area contributed by atoms with Gasteiger partial charge in [-0.25, -0.2) is 4.68 Å². The molecule has 0 spiro atoms. The van der Waals surface area contributed by atoms with E-state index in [0.717, 1.165) is 55.4 Å². The van der Waals surface area contributed by atoms with Crippen LogP contribution in [0.25, 0.3) is 0 Å². The van der Waals surface area contributed by atoms with Crippen molar-refractivity contribution in [3.05, 3.63) is 72.2 Å². The van der Waals surface area contributed by atoms with Crippen molar-refractivity contribution in [2.75, 3.05) is 25.0 Å². The topological polar surface area (TPSA) is 72.3 Å². The van der Waals surface area contributed by atoms with E-state index in [4.69, 9.17) is 4.74 Å². The minimum atomic E-state index is -0.0689. The third kappa shape index (κ3) is 5.92. The van der Waals surface area contributed by atoms with Crippen LogP contribution >= 0.6 is 0 Å². The molecule has 0 atom stereocenters. The second-order valence-electron chi connectivity index (χ2n) is 7.90. The average Bonchev–Trinajstić information content (AvgIpc) is 3.23. The molecule has 0 unspecified atom stereocenters. The summed E-state index contributed by atoms with van der Waals surface area (Å²) < 4.78 is 7.57. The third-order valence-corrected chi connectivity index (χ3v) is 5.51. The smallest absolute Gasteiger partial charge is 0.228 e. The molecule has 0 bridgehead atoms. The Bertz CT molecular complexity index is 980. The van der Waals surface area contributed by atoms with Crippen molar-refractivity contribution in [1.29, 1.82) is 0 Å². The average molecular weight is 420 g/mol. The van der Waals surface area contributed by atoms with Gasteiger partial charge >= 0.3 is 0 Å². The lowest BCUT2D eigenvalue weighted by molar-refractivity contribution is -0.116. The van der Waals surface area contributed by atoms with Crippen LogP contribution in [0.3, 0.4) is 0 Å². The lowest BCUT2D eigenvalue weighted by Gasteiger charge is -2.32. The zero-order valence-electron chi connectivity index (χ0n) is 17.9. The number of carbonyl (C=O) groups excluding carboxylic acids is 1. The van der Waals surface area contributed by atoms with Crippen molar-refractivity contribution >= 4 is 11.7 Å². The van der Waals surface area contributed by atoms with E-state index in [1.165, 1.54) is 0 Å². The Morgan fingerprint density at radius 2 is 1.90 bits per heavy atom. The van der Waals surface area contributed by atoms with Gasteiger partial charge in [-0.15, -0.1) is 0 Å². The van der Waals surface area contributed by atoms with E-state index in [1.54, 1.807) is 6.20 Å². The first-order valence-corrected chi connectivity index (χ1v) is 10.8. The molecule has 1 aliphatic rings. The highest BCUT2D eigenvalue weighted by atomic mass is 16.5. The van der Waals surface area contributed by atoms with Gasteiger partial charge in [-0.05, 0) is 44.0 Å². The second kappa shape index (κ2) is 10.2. The number of nitrogens with zero attached hydrogens (tertiary/aromatic N) is 4. The maximum Gasteiger partial charge on any atom is 0.228 e. The number of aromatic nitrogens is 3. The van der Waals surface area contributed by atoms with Crippen molar-refractivity contribution in [1.82, 2.24) is 19.7 Å². The van der Waals surface area contributed by atoms with Gasteiger partial charge < -0.3 is 10.1 Å². The standard InChI is InChI=1S/C24H29N5O2/c1-19-6-5-7-20(26-19)18-28-15-11-21(12-16-28)29-23(10-14-25-29)27-24(30)13-17-31-22-8-3-2-4-9-22/h2-10,14,21H,11-13,15-18H2,1H3,(H,27,30). The Morgan fingerprint density at radius 3 is 2.68 bits per heavy atom. The summed E-state index contributed by atoms with van der Waals surface area (Å²) in [7, 11) is 0. The van der Waals surface area contributed by atoms with Crippen molar-refractivity contribution in [3.8, 4) is 5.75 Å². The largest absolute Gasteiger partial charge is 0.493 e. The van der Waals surface area contributed by atoms with Crippen LogP contribution in [0, 0.1) is 6.92 Å². The molecule has 7 nitrogen and oxygen atoms in total. The van der Waals surface area contributed by atoms with E-state index in [9.17, 15) is 4.79 Å². The van der Waals surface area contributed by atoms with E-state index in [-0.39, 0.29) is 11.9 Å². The summed E-state index contributed by atoms with van der Waals surface area (Å²) in [6, 6.07) is 17.8. The van der Waals surface area contributed by atoms with Gasteiger partial charge in [-0.2, -0.15) is 5.10 Å². The van der Waals surface area contributed by atoms with Crippen molar-refractivity contribution < 1.29 is 9.53 Å². The van der Waals surface area contributed by atoms with Crippen LogP contribution in [0.5, 0.6) is 5.75 Å². The predicted molar refractivity (Wildman–Crippen MR) is 120 cm³/mol. The lowest BCUT2D eigenvalue weighted by atomic mass is 10.0. The monoisotopic (exact) mass is 419 g/mol. The Morgan fingerprint density at radius 1 is 1.10 bits per heavy atom. The quantitative estimate of drug-likeness (QED) is 0.601. The molecule has 1 amide bonds. The van der Waals surface area contributed by atoms with Crippen LogP contribution in [0.4, 0.5) is 5.82 Å². The number of benzene rings is 1. The molecule has 1 aromatic carbocycles. The van der Waals surface area contributed by atoms with Crippen LogP contribution in [-0.2, 0) is 11.3 Å². The number of piperidine rings is 1. The Hall–Kier alpha value is -3.19. The van der Waals surface area contributed by atoms with E-state index in [1.807, 2.05) is 54.1 Å². The number of pyridine rings is 1. The van der Waals surface area contributed by atoms with Crippen molar-refractivity contribution in [2.24, 2.45) is 0 Å². The summed E-state index contributed by atoms with van der Waals surface area (Å²) >= 11 is 0. The molecule has 3 aromatic rings. The summed E-state index contributed by atoms with van der Waals surface area (Å²) in [5, 5.41) is 7.47. The van der Waals surface area contributed by atoms with Crippen LogP contribution in [-0.4, -0.2) is 45.3 Å². The minimum Gasteiger partial charge on any atom is -0.493 e. The van der Waals surface area contributed by atoms with Crippen LogP contribution in [0.1, 0.15) is 36.7 Å². The molecule has 2 aromatic heterocycles. The Labute approximate surface area is 183 Å². The molecule has 1 fully saturated rings. The number of likely N-dealkylation sites (tertiary alicyclic amines) is 1. The molecular weight excluding hydrogens is 390 g/mol. The molecule has 31 heavy (non-hydrogen) atoms. The number of ether oxygens (including phenoxy) is 1. The number of hydrogen-bond acceptors (Lipinski definition) is 5. The van der Waals surface area contributed by atoms with Gasteiger partial charge in [-0.3, -0.25) is 14.7 Å². The number of carbonyl (C=O) groups is 1. The van der Waals surface area contributed by atoms with Crippen LogP contribution in [0.2, 0.25) is 0 Å². The fourth-order valence-corrected chi connectivity index (χ4v) is 3.93. The zero-order valence-corrected chi connectivity index (χ0v) is 17.9. The number of anilines is 1. The van der Waals surface area contributed by atoms with Gasteiger partial charge in [0.25, 0.3) is 0 Å². The van der Waals surface area contributed by atoms with E-state index >= 15 is 0 Å². The fourth-order valence-electron chi connectivity index (χ4n) is 3.93. The van der Waals surface area contributed by atoms with Crippen LogP contribution < -0.4 is 10.1 Å². The fraction of sp³-hybridized carbons (Fsp3) is 0.375. The van der Waals surface area contributed by atoms with E-state index < -0.39 is 0 Å². The Balaban J connectivity index is 1.25. The normalized spacial score (nSPS) is 15.0. The molecule has 4 rings (SSSR count). The maximum atomic E-state index is 12.4. The molecule has 1 saturated heterocycles. The predicted octanol–water partition coefficient (Wildman–Crippen LogP) is 3.83. The lowest BCUT2D eigenvalue weighted by Crippen LogP contribution is -2.35. The number of aryl methyl sites for hydroxylation is 1. The molecule has 3 heterocycles. The van der Waals surface area contributed by atoms with Gasteiger partial charge in [0, 0.05) is 31.4 Å². The summed E-state index contributed by atoms with van der Waals surface area (Å²) in [5.74, 6) is 1.46. The number of hydrogen-bond donors (Lipinski definition) is 1. The van der Waals surface area contributed by atoms with Gasteiger partial charge in [0.2, 0.25) is 5.91 Å². The van der Waals surface area contributed by atoms with Gasteiger partial charge in [0.1, 0.15) is 11.6 Å². The molecule has 0 radical (unpaired) electrons. The van der Waals surface area contributed by atoms with Gasteiger partial charge in [0.05, 0.1) is 31.0 Å². The molecular formula is C24H29N5O2. The Kier molecular flexibility index (Phi) is 6.94. The number of para-hydroxylation sites is 1. The van der Waals surface area contributed by atoms with E-state index in [2.05, 4.69) is 32.4 Å². The zero-order chi connectivity index (χ0) is 21.5. The molecule has 0 saturated carbocycles. The molecule has 1 aliphatic heterocycles. The maximum absolute atomic E-state index is 12.4. The first kappa shape index (κ1) is 21.1. The molecule has 1 N–H and O–H groups in total. The summed E-state index contributed by atoms with van der Waals surface area (Å²) in [6.07, 6.45) is 4.03. The molecule has 0 aliphatic carbocycles. The minimum absolute atomic E-state index is 0.0689. The highest BCUT2D eigenvalue weighted by Crippen LogP contribution is 2.26. The molecule has 7 heteroatoms. The number of rotatable bonds is 8. The van der Waals surface area contributed by atoms with Gasteiger partial charge in [-0.1, -0.05) is 24.3 Å². The van der Waals surface area contributed by atoms with Crippen LogP contribution in [0.15, 0.2) is 60.8 Å². The molecule has 162 valence electrons.